The van der Waals surface area contributed by atoms with E-state index in [0.717, 1.165) is 32.1 Å². The third-order valence-electron chi connectivity index (χ3n) is 4.60. The molecule has 0 amide bonds. The van der Waals surface area contributed by atoms with E-state index in [1.54, 1.807) is 12.1 Å². The van der Waals surface area contributed by atoms with E-state index in [0.29, 0.717) is 18.8 Å². The Morgan fingerprint density at radius 1 is 0.815 bits per heavy atom. The highest BCUT2D eigenvalue weighted by atomic mass is 16.6. The molecule has 0 aliphatic carbocycles. The lowest BCUT2D eigenvalue weighted by atomic mass is 10.0. The Bertz CT molecular complexity index is 530. The number of aliphatic carboxylic acids is 1. The van der Waals surface area contributed by atoms with Crippen LogP contribution in [0.5, 0.6) is 5.75 Å². The molecular formula is C21H33NO5. The van der Waals surface area contributed by atoms with Gasteiger partial charge in [-0.25, -0.2) is 0 Å². The monoisotopic (exact) mass is 379 g/mol. The first kappa shape index (κ1) is 22.9. The fourth-order valence-electron chi connectivity index (χ4n) is 3.00. The van der Waals surface area contributed by atoms with Crippen LogP contribution in [0.15, 0.2) is 24.3 Å². The van der Waals surface area contributed by atoms with Gasteiger partial charge >= 0.3 is 5.97 Å². The number of rotatable bonds is 17. The molecule has 152 valence electrons. The number of nitro benzene ring substituents is 1. The summed E-state index contributed by atoms with van der Waals surface area (Å²) in [5.41, 5.74) is 0.0838. The highest BCUT2D eigenvalue weighted by Gasteiger charge is 2.04. The molecule has 1 aromatic rings. The molecule has 0 saturated heterocycles. The molecule has 0 aliphatic heterocycles. The van der Waals surface area contributed by atoms with Crippen molar-refractivity contribution < 1.29 is 19.6 Å². The predicted molar refractivity (Wildman–Crippen MR) is 106 cm³/mol. The standard InChI is InChI=1S/C21H33NO5/c23-21(24)13-11-9-7-5-3-1-2-4-6-8-10-12-18-27-20-16-14-19(15-17-20)22(25)26/h14-17H,1-13,18H2,(H,23,24). The number of hydrogen-bond acceptors (Lipinski definition) is 4. The second-order valence-corrected chi connectivity index (χ2v) is 6.99. The zero-order chi connectivity index (χ0) is 19.7. The number of ether oxygens (including phenoxy) is 1. The van der Waals surface area contributed by atoms with Crippen LogP contribution in [0.2, 0.25) is 0 Å². The predicted octanol–water partition coefficient (Wildman–Crippen LogP) is 6.13. The SMILES string of the molecule is O=C(O)CCCCCCCCCCCCCCOc1ccc([N+](=O)[O-])cc1. The maximum Gasteiger partial charge on any atom is 0.303 e. The summed E-state index contributed by atoms with van der Waals surface area (Å²) >= 11 is 0. The van der Waals surface area contributed by atoms with Crippen molar-refractivity contribution in [1.82, 2.24) is 0 Å². The van der Waals surface area contributed by atoms with Gasteiger partial charge in [-0.2, -0.15) is 0 Å². The Balaban J connectivity index is 1.82. The number of benzene rings is 1. The van der Waals surface area contributed by atoms with E-state index < -0.39 is 10.9 Å². The molecule has 0 unspecified atom stereocenters. The average molecular weight is 379 g/mol. The van der Waals surface area contributed by atoms with E-state index >= 15 is 0 Å². The molecule has 0 radical (unpaired) electrons. The van der Waals surface area contributed by atoms with Crippen molar-refractivity contribution in [3.8, 4) is 5.75 Å². The molecule has 0 spiro atoms. The molecule has 1 aromatic carbocycles. The van der Waals surface area contributed by atoms with Crippen molar-refractivity contribution in [3.63, 3.8) is 0 Å². The molecule has 1 rings (SSSR count). The maximum absolute atomic E-state index is 10.6. The number of unbranched alkanes of at least 4 members (excludes halogenated alkanes) is 11. The molecule has 0 atom stereocenters. The Morgan fingerprint density at radius 3 is 1.70 bits per heavy atom. The van der Waals surface area contributed by atoms with Crippen LogP contribution in [0.25, 0.3) is 0 Å². The number of non-ortho nitro benzene ring substituents is 1. The number of hydrogen-bond donors (Lipinski definition) is 1. The largest absolute Gasteiger partial charge is 0.494 e. The van der Waals surface area contributed by atoms with Gasteiger partial charge in [-0.1, -0.05) is 64.2 Å². The fourth-order valence-corrected chi connectivity index (χ4v) is 3.00. The molecule has 0 aliphatic rings. The van der Waals surface area contributed by atoms with Crippen LogP contribution >= 0.6 is 0 Å². The van der Waals surface area contributed by atoms with Gasteiger partial charge in [0.05, 0.1) is 11.5 Å². The summed E-state index contributed by atoms with van der Waals surface area (Å²) in [5.74, 6) is -0.00327. The van der Waals surface area contributed by atoms with Gasteiger partial charge in [-0.15, -0.1) is 0 Å². The summed E-state index contributed by atoms with van der Waals surface area (Å²) in [6.07, 6.45) is 14.3. The minimum atomic E-state index is -0.687. The zero-order valence-electron chi connectivity index (χ0n) is 16.2. The van der Waals surface area contributed by atoms with Crippen LogP contribution in [-0.4, -0.2) is 22.6 Å². The average Bonchev–Trinajstić information content (AvgIpc) is 2.65. The van der Waals surface area contributed by atoms with Crippen LogP contribution in [0.1, 0.15) is 83.5 Å². The lowest BCUT2D eigenvalue weighted by Gasteiger charge is -2.06. The van der Waals surface area contributed by atoms with Crippen molar-refractivity contribution in [2.45, 2.75) is 83.5 Å². The van der Waals surface area contributed by atoms with Gasteiger partial charge in [-0.05, 0) is 25.0 Å². The Hall–Kier alpha value is -2.11. The fraction of sp³-hybridized carbons (Fsp3) is 0.667. The van der Waals surface area contributed by atoms with E-state index in [1.165, 1.54) is 57.1 Å². The topological polar surface area (TPSA) is 89.7 Å². The molecule has 1 N–H and O–H groups in total. The summed E-state index contributed by atoms with van der Waals surface area (Å²) < 4.78 is 5.60. The minimum absolute atomic E-state index is 0.0838. The third kappa shape index (κ3) is 12.8. The summed E-state index contributed by atoms with van der Waals surface area (Å²) in [6.45, 7) is 0.652. The van der Waals surface area contributed by atoms with Crippen molar-refractivity contribution in [3.05, 3.63) is 34.4 Å². The molecular weight excluding hydrogens is 346 g/mol. The van der Waals surface area contributed by atoms with Crippen LogP contribution < -0.4 is 4.74 Å². The maximum atomic E-state index is 10.6. The van der Waals surface area contributed by atoms with Gasteiger partial charge in [0.2, 0.25) is 0 Å². The molecule has 27 heavy (non-hydrogen) atoms. The summed E-state index contributed by atoms with van der Waals surface area (Å²) in [4.78, 5) is 20.6. The van der Waals surface area contributed by atoms with Crippen LogP contribution in [0.3, 0.4) is 0 Å². The minimum Gasteiger partial charge on any atom is -0.494 e. The Morgan fingerprint density at radius 2 is 1.26 bits per heavy atom. The second-order valence-electron chi connectivity index (χ2n) is 6.99. The highest BCUT2D eigenvalue weighted by Crippen LogP contribution is 2.18. The van der Waals surface area contributed by atoms with E-state index in [-0.39, 0.29) is 5.69 Å². The van der Waals surface area contributed by atoms with Crippen molar-refractivity contribution in [1.29, 1.82) is 0 Å². The van der Waals surface area contributed by atoms with Crippen LogP contribution in [0.4, 0.5) is 5.69 Å². The van der Waals surface area contributed by atoms with Gasteiger partial charge in [0.15, 0.2) is 0 Å². The molecule has 6 nitrogen and oxygen atoms in total. The van der Waals surface area contributed by atoms with Gasteiger partial charge in [0.1, 0.15) is 5.75 Å². The van der Waals surface area contributed by atoms with E-state index in [1.807, 2.05) is 0 Å². The lowest BCUT2D eigenvalue weighted by Crippen LogP contribution is -1.97. The molecule has 0 saturated carbocycles. The Labute approximate surface area is 162 Å². The first-order valence-corrected chi connectivity index (χ1v) is 10.2. The van der Waals surface area contributed by atoms with Gasteiger partial charge in [-0.3, -0.25) is 14.9 Å². The van der Waals surface area contributed by atoms with Gasteiger partial charge in [0, 0.05) is 18.6 Å². The first-order chi connectivity index (χ1) is 13.1. The quantitative estimate of drug-likeness (QED) is 0.200. The summed E-state index contributed by atoms with van der Waals surface area (Å²) in [7, 11) is 0. The van der Waals surface area contributed by atoms with E-state index in [2.05, 4.69) is 0 Å². The molecule has 0 aromatic heterocycles. The van der Waals surface area contributed by atoms with Crippen LogP contribution in [-0.2, 0) is 4.79 Å². The van der Waals surface area contributed by atoms with Crippen molar-refractivity contribution in [2.24, 2.45) is 0 Å². The van der Waals surface area contributed by atoms with Crippen molar-refractivity contribution >= 4 is 11.7 Å². The lowest BCUT2D eigenvalue weighted by molar-refractivity contribution is -0.384. The number of nitrogens with zero attached hydrogens (tertiary/aromatic N) is 1. The van der Waals surface area contributed by atoms with E-state index in [4.69, 9.17) is 9.84 Å². The second kappa shape index (κ2) is 15.0. The van der Waals surface area contributed by atoms with Gasteiger partial charge in [0.25, 0.3) is 5.69 Å². The number of carboxylic acid groups (broad SMARTS) is 1. The van der Waals surface area contributed by atoms with E-state index in [9.17, 15) is 14.9 Å². The normalized spacial score (nSPS) is 10.7. The number of carbonyl (C=O) groups is 1. The first-order valence-electron chi connectivity index (χ1n) is 10.2. The third-order valence-corrected chi connectivity index (χ3v) is 4.60. The molecule has 0 heterocycles. The number of nitro groups is 1. The smallest absolute Gasteiger partial charge is 0.303 e. The summed E-state index contributed by atoms with van der Waals surface area (Å²) in [5, 5.41) is 19.1. The zero-order valence-corrected chi connectivity index (χ0v) is 16.2. The molecule has 0 fully saturated rings. The van der Waals surface area contributed by atoms with Gasteiger partial charge < -0.3 is 9.84 Å². The molecule has 6 heteroatoms. The number of carboxylic acids is 1. The van der Waals surface area contributed by atoms with Crippen molar-refractivity contribution in [2.75, 3.05) is 6.61 Å². The highest BCUT2D eigenvalue weighted by molar-refractivity contribution is 5.66. The Kier molecular flexibility index (Phi) is 12.7. The summed E-state index contributed by atoms with van der Waals surface area (Å²) in [6, 6.07) is 6.21. The van der Waals surface area contributed by atoms with Crippen LogP contribution in [0, 0.1) is 10.1 Å². The molecule has 0 bridgehead atoms.